The molecular formula is C57H33N5O. The summed E-state index contributed by atoms with van der Waals surface area (Å²) in [5.74, 6) is 1.71. The van der Waals surface area contributed by atoms with Crippen molar-refractivity contribution in [2.75, 3.05) is 0 Å². The van der Waals surface area contributed by atoms with Crippen LogP contribution in [0.3, 0.4) is 0 Å². The summed E-state index contributed by atoms with van der Waals surface area (Å²) >= 11 is 0. The van der Waals surface area contributed by atoms with E-state index >= 15 is 0 Å². The van der Waals surface area contributed by atoms with Gasteiger partial charge in [0.1, 0.15) is 5.58 Å². The second kappa shape index (κ2) is 12.9. The summed E-state index contributed by atoms with van der Waals surface area (Å²) in [5, 5.41) is 13.6. The number of hydrogen-bond acceptors (Lipinski definition) is 4. The highest BCUT2D eigenvalue weighted by Crippen LogP contribution is 2.43. The molecule has 0 aliphatic carbocycles. The molecule has 6 nitrogen and oxygen atoms in total. The van der Waals surface area contributed by atoms with Gasteiger partial charge in [-0.15, -0.1) is 0 Å². The van der Waals surface area contributed by atoms with Gasteiger partial charge in [0.05, 0.1) is 27.8 Å². The van der Waals surface area contributed by atoms with Crippen LogP contribution in [0.2, 0.25) is 0 Å². The quantitative estimate of drug-likeness (QED) is 0.178. The fourth-order valence-electron chi connectivity index (χ4n) is 10.0. The molecule has 0 radical (unpaired) electrons. The van der Waals surface area contributed by atoms with Gasteiger partial charge < -0.3 is 8.98 Å². The zero-order chi connectivity index (χ0) is 41.2. The van der Waals surface area contributed by atoms with E-state index in [-0.39, 0.29) is 0 Å². The number of rotatable bonds is 4. The Morgan fingerprint density at radius 3 is 1.59 bits per heavy atom. The van der Waals surface area contributed by atoms with Crippen molar-refractivity contribution >= 4 is 97.9 Å². The molecule has 0 N–H and O–H groups in total. The minimum Gasteiger partial charge on any atom is -0.454 e. The molecule has 63 heavy (non-hydrogen) atoms. The average molecular weight is 804 g/mol. The molecule has 4 heterocycles. The maximum atomic E-state index is 7.03. The summed E-state index contributed by atoms with van der Waals surface area (Å²) in [6.45, 7) is 0. The van der Waals surface area contributed by atoms with Crippen LogP contribution < -0.4 is 0 Å². The highest BCUT2D eigenvalue weighted by molar-refractivity contribution is 6.22. The van der Waals surface area contributed by atoms with Gasteiger partial charge in [-0.3, -0.25) is 4.57 Å². The molecule has 6 heteroatoms. The van der Waals surface area contributed by atoms with Crippen molar-refractivity contribution in [2.45, 2.75) is 0 Å². The lowest BCUT2D eigenvalue weighted by molar-refractivity contribution is 0.666. The predicted octanol–water partition coefficient (Wildman–Crippen LogP) is 14.8. The van der Waals surface area contributed by atoms with Gasteiger partial charge in [-0.1, -0.05) is 146 Å². The minimum atomic E-state index is 0.549. The summed E-state index contributed by atoms with van der Waals surface area (Å²) < 4.78 is 11.6. The minimum absolute atomic E-state index is 0.549. The molecule has 0 aliphatic rings. The number of fused-ring (bicyclic) bond motifs is 13. The topological polar surface area (TPSA) is 61.7 Å². The molecule has 0 saturated heterocycles. The normalized spacial score (nSPS) is 12.1. The molecule has 4 aromatic heterocycles. The van der Waals surface area contributed by atoms with Crippen molar-refractivity contribution in [2.24, 2.45) is 0 Å². The number of aromatic nitrogens is 5. The average Bonchev–Trinajstić information content (AvgIpc) is 4.00. The lowest BCUT2D eigenvalue weighted by Gasteiger charge is -2.14. The standard InChI is InChI=1S/C57H33N5O/c1-2-15-36-29-39(26-25-34(36)13-1)55-58-56(60-57(59-55)62-48-23-11-7-19-42(48)43-20-8-12-24-49(43)62)40-31-46-53-41-18-6-5-14-35(41)27-28-52(53)63-54(46)51(33-40)61-47-22-10-9-21-44(47)45-30-37-16-3-4-17-38(37)32-50(45)61/h1-33H. The van der Waals surface area contributed by atoms with Crippen molar-refractivity contribution in [1.82, 2.24) is 24.1 Å². The van der Waals surface area contributed by atoms with Crippen molar-refractivity contribution < 1.29 is 4.42 Å². The first kappa shape index (κ1) is 34.1. The molecule has 0 aliphatic heterocycles. The Bertz CT molecular complexity index is 4180. The zero-order valence-corrected chi connectivity index (χ0v) is 33.7. The molecule has 0 amide bonds. The third-order valence-electron chi connectivity index (χ3n) is 12.9. The maximum Gasteiger partial charge on any atom is 0.238 e. The lowest BCUT2D eigenvalue weighted by atomic mass is 10.0. The van der Waals surface area contributed by atoms with Gasteiger partial charge in [0.15, 0.2) is 17.2 Å². The van der Waals surface area contributed by atoms with Gasteiger partial charge in [0.25, 0.3) is 0 Å². The van der Waals surface area contributed by atoms with Crippen LogP contribution in [0, 0.1) is 0 Å². The summed E-state index contributed by atoms with van der Waals surface area (Å²) in [4.78, 5) is 16.2. The first-order valence-electron chi connectivity index (χ1n) is 21.3. The molecule has 0 bridgehead atoms. The van der Waals surface area contributed by atoms with E-state index in [1.165, 1.54) is 21.5 Å². The van der Waals surface area contributed by atoms with Crippen LogP contribution in [0.1, 0.15) is 0 Å². The second-order valence-electron chi connectivity index (χ2n) is 16.4. The van der Waals surface area contributed by atoms with E-state index in [2.05, 4.69) is 209 Å². The van der Waals surface area contributed by atoms with Gasteiger partial charge in [-0.25, -0.2) is 4.98 Å². The van der Waals surface area contributed by atoms with Gasteiger partial charge in [-0.05, 0) is 86.9 Å². The van der Waals surface area contributed by atoms with Gasteiger partial charge >= 0.3 is 0 Å². The molecule has 0 atom stereocenters. The van der Waals surface area contributed by atoms with E-state index in [0.717, 1.165) is 93.1 Å². The Kier molecular flexibility index (Phi) is 7.02. The Labute approximate surface area is 359 Å². The summed E-state index contributed by atoms with van der Waals surface area (Å²) in [6, 6.07) is 70.9. The van der Waals surface area contributed by atoms with Crippen molar-refractivity contribution in [3.8, 4) is 34.4 Å². The van der Waals surface area contributed by atoms with E-state index in [1.807, 2.05) is 0 Å². The molecule has 10 aromatic carbocycles. The molecular weight excluding hydrogens is 771 g/mol. The van der Waals surface area contributed by atoms with Gasteiger partial charge in [0.2, 0.25) is 5.95 Å². The van der Waals surface area contributed by atoms with E-state index in [9.17, 15) is 0 Å². The predicted molar refractivity (Wildman–Crippen MR) is 259 cm³/mol. The lowest BCUT2D eigenvalue weighted by Crippen LogP contribution is -2.06. The highest BCUT2D eigenvalue weighted by atomic mass is 16.3. The fraction of sp³-hybridized carbons (Fsp3) is 0. The van der Waals surface area contributed by atoms with Crippen LogP contribution in [-0.2, 0) is 0 Å². The van der Waals surface area contributed by atoms with E-state index in [1.54, 1.807) is 0 Å². The van der Waals surface area contributed by atoms with Crippen molar-refractivity contribution in [1.29, 1.82) is 0 Å². The SMILES string of the molecule is c1ccc2cc(-c3nc(-c4cc(-n5c6ccccc6c6cc7ccccc7cc65)c5oc6ccc7ccccc7c6c5c4)nc(-n4c5ccccc5c5ccccc54)n3)ccc2c1. The second-order valence-corrected chi connectivity index (χ2v) is 16.4. The van der Waals surface area contributed by atoms with Crippen LogP contribution in [0.25, 0.3) is 132 Å². The van der Waals surface area contributed by atoms with Crippen LogP contribution in [-0.4, -0.2) is 24.1 Å². The Hall–Kier alpha value is -8.61. The van der Waals surface area contributed by atoms with Crippen molar-refractivity contribution in [3.63, 3.8) is 0 Å². The van der Waals surface area contributed by atoms with E-state index < -0.39 is 0 Å². The van der Waals surface area contributed by atoms with Gasteiger partial charge in [-0.2, -0.15) is 9.97 Å². The molecule has 0 unspecified atom stereocenters. The third-order valence-corrected chi connectivity index (χ3v) is 12.9. The third kappa shape index (κ3) is 5.03. The number of furan rings is 1. The summed E-state index contributed by atoms with van der Waals surface area (Å²) in [7, 11) is 0. The maximum absolute atomic E-state index is 7.03. The molecule has 0 fully saturated rings. The van der Waals surface area contributed by atoms with E-state index in [0.29, 0.717) is 17.6 Å². The van der Waals surface area contributed by atoms with Crippen LogP contribution in [0.15, 0.2) is 205 Å². The van der Waals surface area contributed by atoms with Crippen LogP contribution in [0.5, 0.6) is 0 Å². The molecule has 14 aromatic rings. The Morgan fingerprint density at radius 2 is 0.873 bits per heavy atom. The Morgan fingerprint density at radius 1 is 0.333 bits per heavy atom. The summed E-state index contributed by atoms with van der Waals surface area (Å²) in [6.07, 6.45) is 0. The van der Waals surface area contributed by atoms with Crippen LogP contribution >= 0.6 is 0 Å². The fourth-order valence-corrected chi connectivity index (χ4v) is 10.0. The van der Waals surface area contributed by atoms with Crippen LogP contribution in [0.4, 0.5) is 0 Å². The summed E-state index contributed by atoms with van der Waals surface area (Å²) in [5.41, 5.74) is 8.54. The molecule has 292 valence electrons. The Balaban J connectivity index is 1.13. The monoisotopic (exact) mass is 803 g/mol. The number of para-hydroxylation sites is 3. The number of nitrogens with zero attached hydrogens (tertiary/aromatic N) is 5. The van der Waals surface area contributed by atoms with Crippen molar-refractivity contribution in [3.05, 3.63) is 200 Å². The van der Waals surface area contributed by atoms with E-state index in [4.69, 9.17) is 19.4 Å². The molecule has 0 saturated carbocycles. The number of hydrogen-bond donors (Lipinski definition) is 0. The first-order valence-corrected chi connectivity index (χ1v) is 21.3. The number of benzene rings is 10. The molecule has 14 rings (SSSR count). The van der Waals surface area contributed by atoms with Gasteiger partial charge in [0, 0.05) is 43.4 Å². The zero-order valence-electron chi connectivity index (χ0n) is 33.7. The highest BCUT2D eigenvalue weighted by Gasteiger charge is 2.24. The first-order chi connectivity index (χ1) is 31.2. The smallest absolute Gasteiger partial charge is 0.238 e. The molecule has 0 spiro atoms. The largest absolute Gasteiger partial charge is 0.454 e.